The van der Waals surface area contributed by atoms with Gasteiger partial charge in [-0.05, 0) is 36.8 Å². The predicted octanol–water partition coefficient (Wildman–Crippen LogP) is 4.55. The van der Waals surface area contributed by atoms with Crippen LogP contribution in [0.2, 0.25) is 0 Å². The van der Waals surface area contributed by atoms with E-state index in [0.717, 1.165) is 33.8 Å². The second kappa shape index (κ2) is 6.94. The van der Waals surface area contributed by atoms with Gasteiger partial charge in [-0.15, -0.1) is 5.10 Å². The average Bonchev–Trinajstić information content (AvgIpc) is 3.14. The lowest BCUT2D eigenvalue weighted by molar-refractivity contribution is 0.414. The maximum atomic E-state index is 6.01. The first-order valence-electron chi connectivity index (χ1n) is 9.28. The number of hydrogen-bond donors (Lipinski definition) is 2. The van der Waals surface area contributed by atoms with E-state index in [1.54, 1.807) is 7.11 Å². The quantitative estimate of drug-likeness (QED) is 0.472. The van der Waals surface area contributed by atoms with Crippen molar-refractivity contribution in [2.75, 3.05) is 12.4 Å². The number of fused-ring (bicyclic) bond motifs is 2. The molecule has 1 aliphatic heterocycles. The van der Waals surface area contributed by atoms with E-state index in [9.17, 15) is 0 Å². The first kappa shape index (κ1) is 17.2. The van der Waals surface area contributed by atoms with Crippen molar-refractivity contribution in [2.45, 2.75) is 12.8 Å². The molecule has 3 heterocycles. The number of rotatable bonds is 4. The fourth-order valence-electron chi connectivity index (χ4n) is 3.68. The molecular weight excluding hydrogens is 366 g/mol. The maximum Gasteiger partial charge on any atom is 0.244 e. The van der Waals surface area contributed by atoms with E-state index in [0.29, 0.717) is 17.6 Å². The van der Waals surface area contributed by atoms with Gasteiger partial charge in [0.15, 0.2) is 0 Å². The van der Waals surface area contributed by atoms with Crippen LogP contribution in [0.1, 0.15) is 28.3 Å². The summed E-state index contributed by atoms with van der Waals surface area (Å²) in [7, 11) is 1.65. The van der Waals surface area contributed by atoms with Crippen molar-refractivity contribution in [3.05, 3.63) is 83.3 Å². The summed E-state index contributed by atoms with van der Waals surface area (Å²) in [4.78, 5) is 8.91. The van der Waals surface area contributed by atoms with Crippen molar-refractivity contribution in [1.82, 2.24) is 20.2 Å². The molecule has 0 fully saturated rings. The highest BCUT2D eigenvalue weighted by Gasteiger charge is 2.36. The van der Waals surface area contributed by atoms with E-state index in [-0.39, 0.29) is 5.92 Å². The number of anilines is 2. The van der Waals surface area contributed by atoms with Crippen LogP contribution < -0.4 is 14.8 Å². The number of hydrogen-bond acceptors (Lipinski definition) is 6. The summed E-state index contributed by atoms with van der Waals surface area (Å²) in [5.74, 6) is 2.45. The molecule has 144 valence electrons. The predicted molar refractivity (Wildman–Crippen MR) is 109 cm³/mol. The summed E-state index contributed by atoms with van der Waals surface area (Å²) in [6.45, 7) is 2.00. The number of aromatic amines is 1. The second-order valence-electron chi connectivity index (χ2n) is 6.81. The number of ether oxygens (including phenoxy) is 2. The van der Waals surface area contributed by atoms with E-state index in [4.69, 9.17) is 9.47 Å². The van der Waals surface area contributed by atoms with E-state index in [2.05, 4.69) is 37.6 Å². The van der Waals surface area contributed by atoms with E-state index >= 15 is 0 Å². The first-order valence-corrected chi connectivity index (χ1v) is 9.28. The molecular formula is C22H19N5O2. The molecule has 7 heteroatoms. The topological polar surface area (TPSA) is 85.0 Å². The lowest BCUT2D eigenvalue weighted by Crippen LogP contribution is -2.15. The Kier molecular flexibility index (Phi) is 4.13. The van der Waals surface area contributed by atoms with Crippen molar-refractivity contribution in [1.29, 1.82) is 0 Å². The van der Waals surface area contributed by atoms with Crippen LogP contribution in [0.15, 0.2) is 60.9 Å². The normalized spacial score (nSPS) is 14.5. The highest BCUT2D eigenvalue weighted by atomic mass is 16.5. The summed E-state index contributed by atoms with van der Waals surface area (Å²) in [5.41, 5.74) is 4.85. The zero-order valence-electron chi connectivity index (χ0n) is 16.0. The molecule has 7 nitrogen and oxygen atoms in total. The number of H-pyrrole nitrogens is 1. The Hall–Kier alpha value is -3.87. The van der Waals surface area contributed by atoms with Crippen LogP contribution in [0, 0.1) is 6.92 Å². The van der Waals surface area contributed by atoms with E-state index in [1.165, 1.54) is 6.33 Å². The molecule has 2 aromatic carbocycles. The molecule has 1 unspecified atom stereocenters. The minimum Gasteiger partial charge on any atom is -0.497 e. The Labute approximate surface area is 167 Å². The number of benzene rings is 2. The van der Waals surface area contributed by atoms with Gasteiger partial charge in [0, 0.05) is 16.9 Å². The molecule has 4 aromatic rings. The van der Waals surface area contributed by atoms with Gasteiger partial charge in [0.2, 0.25) is 11.8 Å². The third kappa shape index (κ3) is 2.97. The number of methoxy groups -OCH3 is 1. The summed E-state index contributed by atoms with van der Waals surface area (Å²) in [5, 5.41) is 10.8. The number of nitrogens with one attached hydrogen (secondary N) is 2. The molecule has 0 bridgehead atoms. The lowest BCUT2D eigenvalue weighted by atomic mass is 9.84. The van der Waals surface area contributed by atoms with Gasteiger partial charge in [-0.2, -0.15) is 0 Å². The van der Waals surface area contributed by atoms with Crippen LogP contribution in [0.25, 0.3) is 0 Å². The third-order valence-electron chi connectivity index (χ3n) is 5.06. The molecule has 0 aliphatic carbocycles. The standard InChI is InChI=1S/C22H19N5O2/c1-13-17-18(14-6-4-3-5-7-14)19-20(25-15-8-10-16(28-2)11-9-15)23-12-24-21(19)29-22(17)27-26-13/h3-12,18H,1-2H3,(H,26,27)(H,23,24,25). The smallest absolute Gasteiger partial charge is 0.244 e. The largest absolute Gasteiger partial charge is 0.497 e. The van der Waals surface area contributed by atoms with Crippen LogP contribution in [0.3, 0.4) is 0 Å². The molecule has 0 radical (unpaired) electrons. The molecule has 0 saturated heterocycles. The fraction of sp³-hybridized carbons (Fsp3) is 0.136. The van der Waals surface area contributed by atoms with Crippen molar-refractivity contribution >= 4 is 11.5 Å². The second-order valence-corrected chi connectivity index (χ2v) is 6.81. The Morgan fingerprint density at radius 2 is 1.76 bits per heavy atom. The van der Waals surface area contributed by atoms with Crippen molar-refractivity contribution in [2.24, 2.45) is 0 Å². The zero-order chi connectivity index (χ0) is 19.8. The molecule has 2 N–H and O–H groups in total. The highest BCUT2D eigenvalue weighted by Crippen LogP contribution is 2.49. The molecule has 0 saturated carbocycles. The SMILES string of the molecule is COc1ccc(Nc2ncnc3c2C(c2ccccc2)c2c(n[nH]c2C)O3)cc1. The summed E-state index contributed by atoms with van der Waals surface area (Å²) < 4.78 is 11.3. The van der Waals surface area contributed by atoms with Crippen molar-refractivity contribution in [3.63, 3.8) is 0 Å². The van der Waals surface area contributed by atoms with Gasteiger partial charge in [-0.1, -0.05) is 30.3 Å². The minimum atomic E-state index is -0.101. The van der Waals surface area contributed by atoms with Crippen molar-refractivity contribution < 1.29 is 9.47 Å². The third-order valence-corrected chi connectivity index (χ3v) is 5.06. The number of aryl methyl sites for hydroxylation is 1. The zero-order valence-corrected chi connectivity index (χ0v) is 16.0. The summed E-state index contributed by atoms with van der Waals surface area (Å²) in [6, 6.07) is 18.0. The Bertz CT molecular complexity index is 1160. The molecule has 1 aliphatic rings. The van der Waals surface area contributed by atoms with Crippen LogP contribution in [-0.2, 0) is 0 Å². The minimum absolute atomic E-state index is 0.101. The van der Waals surface area contributed by atoms with Gasteiger partial charge in [-0.25, -0.2) is 9.97 Å². The molecule has 29 heavy (non-hydrogen) atoms. The van der Waals surface area contributed by atoms with E-state index < -0.39 is 0 Å². The Morgan fingerprint density at radius 1 is 0.966 bits per heavy atom. The van der Waals surface area contributed by atoms with Gasteiger partial charge < -0.3 is 14.8 Å². The van der Waals surface area contributed by atoms with Crippen LogP contribution in [0.5, 0.6) is 17.5 Å². The first-order chi connectivity index (χ1) is 14.2. The Balaban J connectivity index is 1.65. The molecule has 0 spiro atoms. The molecule has 2 aromatic heterocycles. The maximum absolute atomic E-state index is 6.01. The van der Waals surface area contributed by atoms with Gasteiger partial charge in [0.05, 0.1) is 18.6 Å². The molecule has 0 amide bonds. The molecule has 1 atom stereocenters. The Morgan fingerprint density at radius 3 is 2.52 bits per heavy atom. The van der Waals surface area contributed by atoms with Gasteiger partial charge in [0.25, 0.3) is 0 Å². The summed E-state index contributed by atoms with van der Waals surface area (Å²) in [6.07, 6.45) is 1.50. The van der Waals surface area contributed by atoms with Gasteiger partial charge in [0.1, 0.15) is 17.9 Å². The van der Waals surface area contributed by atoms with Crippen LogP contribution >= 0.6 is 0 Å². The summed E-state index contributed by atoms with van der Waals surface area (Å²) >= 11 is 0. The van der Waals surface area contributed by atoms with Gasteiger partial charge >= 0.3 is 0 Å². The van der Waals surface area contributed by atoms with E-state index in [1.807, 2.05) is 49.4 Å². The number of aromatic nitrogens is 4. The lowest BCUT2D eigenvalue weighted by Gasteiger charge is -2.27. The monoisotopic (exact) mass is 385 g/mol. The molecule has 5 rings (SSSR count). The van der Waals surface area contributed by atoms with Crippen LogP contribution in [0.4, 0.5) is 11.5 Å². The number of nitrogens with zero attached hydrogens (tertiary/aromatic N) is 3. The van der Waals surface area contributed by atoms with Crippen LogP contribution in [-0.4, -0.2) is 27.3 Å². The fourth-order valence-corrected chi connectivity index (χ4v) is 3.68. The average molecular weight is 385 g/mol. The van der Waals surface area contributed by atoms with Crippen molar-refractivity contribution in [3.8, 4) is 17.5 Å². The highest BCUT2D eigenvalue weighted by molar-refractivity contribution is 5.68. The van der Waals surface area contributed by atoms with Gasteiger partial charge in [-0.3, -0.25) is 5.10 Å².